The third-order valence-corrected chi connectivity index (χ3v) is 6.28. The zero-order valence-electron chi connectivity index (χ0n) is 13.1. The Bertz CT molecular complexity index is 614. The number of rotatable bonds is 6. The fraction of sp³-hybridized carbons (Fsp3) is 0.571. The maximum absolute atomic E-state index is 12.9. The number of nitrogens with zero attached hydrogens (tertiary/aromatic N) is 1. The highest BCUT2D eigenvalue weighted by molar-refractivity contribution is 7.99. The number of piperazine rings is 1. The van der Waals surface area contributed by atoms with E-state index in [1.807, 2.05) is 6.92 Å². The average molecular weight is 346 g/mol. The molecule has 1 fully saturated rings. The van der Waals surface area contributed by atoms with Crippen molar-refractivity contribution in [3.63, 3.8) is 0 Å². The van der Waals surface area contributed by atoms with Gasteiger partial charge in [-0.25, -0.2) is 8.42 Å². The SMILES string of the molecule is CCSc1cc(S(=O)(=O)N2CCNCC2)c(OC)cc1OC. The normalized spacial score (nSPS) is 16.5. The van der Waals surface area contributed by atoms with Gasteiger partial charge in [-0.05, 0) is 11.8 Å². The first kappa shape index (κ1) is 17.4. The fourth-order valence-corrected chi connectivity index (χ4v) is 4.81. The number of hydrogen-bond acceptors (Lipinski definition) is 6. The van der Waals surface area contributed by atoms with Gasteiger partial charge in [-0.15, -0.1) is 11.8 Å². The topological polar surface area (TPSA) is 67.9 Å². The maximum Gasteiger partial charge on any atom is 0.246 e. The zero-order chi connectivity index (χ0) is 16.2. The van der Waals surface area contributed by atoms with E-state index in [-0.39, 0.29) is 4.90 Å². The lowest BCUT2D eigenvalue weighted by molar-refractivity contribution is 0.352. The highest BCUT2D eigenvalue weighted by Gasteiger charge is 2.30. The standard InChI is InChI=1S/C14H22N2O4S2/c1-4-21-13-10-14(12(20-3)9-11(13)19-2)22(17,18)16-7-5-15-6-8-16/h9-10,15H,4-8H2,1-3H3. The van der Waals surface area contributed by atoms with Crippen LogP contribution in [0.15, 0.2) is 21.9 Å². The number of benzene rings is 1. The summed E-state index contributed by atoms with van der Waals surface area (Å²) in [5.41, 5.74) is 0. The molecular weight excluding hydrogens is 324 g/mol. The Morgan fingerprint density at radius 3 is 2.36 bits per heavy atom. The van der Waals surface area contributed by atoms with Crippen molar-refractivity contribution in [3.05, 3.63) is 12.1 Å². The van der Waals surface area contributed by atoms with E-state index in [1.54, 1.807) is 31.0 Å². The molecule has 1 aliphatic rings. The largest absolute Gasteiger partial charge is 0.495 e. The molecule has 0 aliphatic carbocycles. The summed E-state index contributed by atoms with van der Waals surface area (Å²) >= 11 is 1.55. The molecule has 0 bridgehead atoms. The number of nitrogens with one attached hydrogen (secondary N) is 1. The number of ether oxygens (including phenoxy) is 2. The summed E-state index contributed by atoms with van der Waals surface area (Å²) in [5.74, 6) is 1.77. The minimum atomic E-state index is -3.57. The summed E-state index contributed by atoms with van der Waals surface area (Å²) in [6, 6.07) is 3.30. The van der Waals surface area contributed by atoms with Gasteiger partial charge >= 0.3 is 0 Å². The van der Waals surface area contributed by atoms with E-state index in [9.17, 15) is 8.42 Å². The molecule has 1 heterocycles. The Kier molecular flexibility index (Phi) is 5.96. The van der Waals surface area contributed by atoms with E-state index in [0.29, 0.717) is 37.7 Å². The molecule has 1 aromatic rings. The first-order valence-electron chi connectivity index (χ1n) is 7.14. The predicted octanol–water partition coefficient (Wildman–Crippen LogP) is 1.41. The Hall–Kier alpha value is -0.960. The van der Waals surface area contributed by atoms with E-state index in [1.165, 1.54) is 11.4 Å². The van der Waals surface area contributed by atoms with Crippen LogP contribution in [0, 0.1) is 0 Å². The van der Waals surface area contributed by atoms with Gasteiger partial charge in [0.2, 0.25) is 10.0 Å². The van der Waals surface area contributed by atoms with Crippen molar-refractivity contribution >= 4 is 21.8 Å². The molecule has 0 atom stereocenters. The molecule has 6 nitrogen and oxygen atoms in total. The van der Waals surface area contributed by atoms with Crippen molar-refractivity contribution in [2.45, 2.75) is 16.7 Å². The lowest BCUT2D eigenvalue weighted by Gasteiger charge is -2.27. The molecule has 0 radical (unpaired) electrons. The highest BCUT2D eigenvalue weighted by atomic mass is 32.2. The van der Waals surface area contributed by atoms with Crippen molar-refractivity contribution < 1.29 is 17.9 Å². The van der Waals surface area contributed by atoms with Crippen LogP contribution in [0.4, 0.5) is 0 Å². The molecule has 2 rings (SSSR count). The fourth-order valence-electron chi connectivity index (χ4n) is 2.34. The smallest absolute Gasteiger partial charge is 0.246 e. The summed E-state index contributed by atoms with van der Waals surface area (Å²) in [7, 11) is -0.532. The Balaban J connectivity index is 2.49. The van der Waals surface area contributed by atoms with Gasteiger partial charge in [0, 0.05) is 32.2 Å². The van der Waals surface area contributed by atoms with E-state index in [2.05, 4.69) is 5.32 Å². The van der Waals surface area contributed by atoms with E-state index in [0.717, 1.165) is 10.6 Å². The van der Waals surface area contributed by atoms with Gasteiger partial charge in [-0.3, -0.25) is 0 Å². The summed E-state index contributed by atoms with van der Waals surface area (Å²) < 4.78 is 37.9. The summed E-state index contributed by atoms with van der Waals surface area (Å²) in [4.78, 5) is 1.01. The number of methoxy groups -OCH3 is 2. The van der Waals surface area contributed by atoms with Crippen LogP contribution in [0.5, 0.6) is 11.5 Å². The molecule has 1 N–H and O–H groups in total. The van der Waals surface area contributed by atoms with Gasteiger partial charge in [0.1, 0.15) is 16.4 Å². The molecule has 1 saturated heterocycles. The Morgan fingerprint density at radius 2 is 1.82 bits per heavy atom. The van der Waals surface area contributed by atoms with Crippen LogP contribution in [0.3, 0.4) is 0 Å². The molecule has 0 aromatic heterocycles. The molecule has 0 spiro atoms. The quantitative estimate of drug-likeness (QED) is 0.786. The molecule has 1 aromatic carbocycles. The summed E-state index contributed by atoms with van der Waals surface area (Å²) in [6.07, 6.45) is 0. The van der Waals surface area contributed by atoms with Crippen LogP contribution in [0.1, 0.15) is 6.92 Å². The van der Waals surface area contributed by atoms with Crippen LogP contribution >= 0.6 is 11.8 Å². The predicted molar refractivity (Wildman–Crippen MR) is 87.6 cm³/mol. The molecule has 0 saturated carbocycles. The van der Waals surface area contributed by atoms with Crippen LogP contribution in [-0.4, -0.2) is 58.9 Å². The van der Waals surface area contributed by atoms with Gasteiger partial charge in [0.15, 0.2) is 0 Å². The second-order valence-corrected chi connectivity index (χ2v) is 7.95. The van der Waals surface area contributed by atoms with Gasteiger partial charge in [-0.2, -0.15) is 4.31 Å². The third kappa shape index (κ3) is 3.51. The lowest BCUT2D eigenvalue weighted by Crippen LogP contribution is -2.46. The van der Waals surface area contributed by atoms with Crippen LogP contribution in [-0.2, 0) is 10.0 Å². The first-order chi connectivity index (χ1) is 10.5. The molecular formula is C14H22N2O4S2. The molecule has 0 amide bonds. The minimum absolute atomic E-state index is 0.202. The van der Waals surface area contributed by atoms with Gasteiger partial charge in [0.25, 0.3) is 0 Å². The Labute approximate surface area is 136 Å². The number of sulfonamides is 1. The van der Waals surface area contributed by atoms with Crippen LogP contribution in [0.25, 0.3) is 0 Å². The maximum atomic E-state index is 12.9. The van der Waals surface area contributed by atoms with Gasteiger partial charge in [0.05, 0.1) is 19.1 Å². The number of thioether (sulfide) groups is 1. The van der Waals surface area contributed by atoms with E-state index in [4.69, 9.17) is 9.47 Å². The highest BCUT2D eigenvalue weighted by Crippen LogP contribution is 2.38. The minimum Gasteiger partial charge on any atom is -0.495 e. The third-order valence-electron chi connectivity index (χ3n) is 3.44. The van der Waals surface area contributed by atoms with E-state index < -0.39 is 10.0 Å². The van der Waals surface area contributed by atoms with Gasteiger partial charge in [-0.1, -0.05) is 6.92 Å². The van der Waals surface area contributed by atoms with Crippen LogP contribution < -0.4 is 14.8 Å². The van der Waals surface area contributed by atoms with E-state index >= 15 is 0 Å². The van der Waals surface area contributed by atoms with Crippen molar-refractivity contribution in [2.24, 2.45) is 0 Å². The summed E-state index contributed by atoms with van der Waals surface area (Å²) in [6.45, 7) is 4.27. The second kappa shape index (κ2) is 7.54. The molecule has 124 valence electrons. The van der Waals surface area contributed by atoms with Crippen LogP contribution in [0.2, 0.25) is 0 Å². The van der Waals surface area contributed by atoms with Crippen molar-refractivity contribution in [3.8, 4) is 11.5 Å². The van der Waals surface area contributed by atoms with Crippen molar-refractivity contribution in [1.29, 1.82) is 0 Å². The second-order valence-electron chi connectivity index (χ2n) is 4.74. The number of hydrogen-bond donors (Lipinski definition) is 1. The monoisotopic (exact) mass is 346 g/mol. The first-order valence-corrected chi connectivity index (χ1v) is 9.56. The Morgan fingerprint density at radius 1 is 1.18 bits per heavy atom. The average Bonchev–Trinajstić information content (AvgIpc) is 2.55. The van der Waals surface area contributed by atoms with Gasteiger partial charge < -0.3 is 14.8 Å². The zero-order valence-corrected chi connectivity index (χ0v) is 14.7. The lowest BCUT2D eigenvalue weighted by atomic mass is 10.3. The summed E-state index contributed by atoms with van der Waals surface area (Å²) in [5, 5.41) is 3.16. The van der Waals surface area contributed by atoms with Crippen molar-refractivity contribution in [2.75, 3.05) is 46.2 Å². The van der Waals surface area contributed by atoms with Crippen molar-refractivity contribution in [1.82, 2.24) is 9.62 Å². The molecule has 8 heteroatoms. The molecule has 1 aliphatic heterocycles. The molecule has 22 heavy (non-hydrogen) atoms. The molecule has 0 unspecified atom stereocenters.